The maximum atomic E-state index is 8.56. The predicted molar refractivity (Wildman–Crippen MR) is 205 cm³/mol. The Morgan fingerprint density at radius 3 is 2.08 bits per heavy atom. The lowest BCUT2D eigenvalue weighted by Gasteiger charge is -2.10. The fourth-order valence-electron chi connectivity index (χ4n) is 6.91. The number of hydrogen-bond donors (Lipinski definition) is 0. The molecule has 0 bridgehead atoms. The molecular weight excluding hydrogens is 627 g/mol. The van der Waals surface area contributed by atoms with Gasteiger partial charge in [-0.15, -0.1) is 0 Å². The minimum absolute atomic E-state index is 0.116. The first-order valence-corrected chi connectivity index (χ1v) is 16.7. The third-order valence-corrected chi connectivity index (χ3v) is 9.27. The third kappa shape index (κ3) is 5.15. The van der Waals surface area contributed by atoms with Crippen LogP contribution in [-0.2, 0) is 6.42 Å². The average molecular weight is 661 g/mol. The maximum absolute atomic E-state index is 8.56. The van der Waals surface area contributed by atoms with Crippen LogP contribution in [0, 0.1) is 0 Å². The lowest BCUT2D eigenvalue weighted by molar-refractivity contribution is 0.668. The van der Waals surface area contributed by atoms with Gasteiger partial charge >= 0.3 is 0 Å². The summed E-state index contributed by atoms with van der Waals surface area (Å²) in [5.41, 5.74) is 8.18. The zero-order valence-electron chi connectivity index (χ0n) is 32.1. The third-order valence-electron chi connectivity index (χ3n) is 9.27. The van der Waals surface area contributed by atoms with Crippen LogP contribution in [0.5, 0.6) is 0 Å². The summed E-state index contributed by atoms with van der Waals surface area (Å²) in [6.07, 6.45) is 0.369. The Labute approximate surface area is 300 Å². The first kappa shape index (κ1) is 24.3. The van der Waals surface area contributed by atoms with Crippen LogP contribution in [-0.4, -0.2) is 15.0 Å². The second-order valence-corrected chi connectivity index (χ2v) is 12.4. The summed E-state index contributed by atoms with van der Waals surface area (Å²) in [5.74, 6) is 1.42. The molecular formula is C46H29N3O2. The van der Waals surface area contributed by atoms with Gasteiger partial charge in [-0.25, -0.2) is 15.0 Å². The summed E-state index contributed by atoms with van der Waals surface area (Å²) in [6, 6.07) is 41.6. The van der Waals surface area contributed by atoms with Crippen molar-refractivity contribution in [1.29, 1.82) is 0 Å². The van der Waals surface area contributed by atoms with Crippen molar-refractivity contribution in [3.63, 3.8) is 0 Å². The second kappa shape index (κ2) is 11.9. The highest BCUT2D eigenvalue weighted by Crippen LogP contribution is 2.39. The molecule has 0 saturated heterocycles. The van der Waals surface area contributed by atoms with Gasteiger partial charge in [0.2, 0.25) is 0 Å². The van der Waals surface area contributed by atoms with E-state index >= 15 is 0 Å². The minimum atomic E-state index is -0.435. The number of fused-ring (bicyclic) bond motifs is 6. The minimum Gasteiger partial charge on any atom is -0.456 e. The smallest absolute Gasteiger partial charge is 0.163 e. The number of para-hydroxylation sites is 2. The van der Waals surface area contributed by atoms with E-state index in [2.05, 4.69) is 42.5 Å². The van der Waals surface area contributed by atoms with Crippen molar-refractivity contribution < 1.29 is 15.7 Å². The molecule has 5 heteroatoms. The Hall–Kier alpha value is -6.85. The van der Waals surface area contributed by atoms with Crippen molar-refractivity contribution in [3.8, 4) is 45.0 Å². The van der Waals surface area contributed by atoms with E-state index in [-0.39, 0.29) is 29.7 Å². The summed E-state index contributed by atoms with van der Waals surface area (Å²) >= 11 is 0. The number of rotatable bonds is 6. The molecule has 0 unspecified atom stereocenters. The number of benzene rings is 7. The van der Waals surface area contributed by atoms with Crippen molar-refractivity contribution >= 4 is 43.9 Å². The van der Waals surface area contributed by atoms with E-state index in [4.69, 9.17) is 30.6 Å². The van der Waals surface area contributed by atoms with E-state index in [9.17, 15) is 0 Å². The van der Waals surface area contributed by atoms with E-state index in [1.54, 1.807) is 18.2 Å². The zero-order chi connectivity index (χ0) is 38.1. The van der Waals surface area contributed by atoms with E-state index in [0.29, 0.717) is 35.0 Å². The van der Waals surface area contributed by atoms with Gasteiger partial charge < -0.3 is 8.83 Å². The van der Waals surface area contributed by atoms with Crippen molar-refractivity contribution in [2.75, 3.05) is 0 Å². The van der Waals surface area contributed by atoms with Crippen molar-refractivity contribution in [3.05, 3.63) is 175 Å². The van der Waals surface area contributed by atoms with Gasteiger partial charge in [0.15, 0.2) is 11.6 Å². The summed E-state index contributed by atoms with van der Waals surface area (Å²) in [6.45, 7) is 0. The molecule has 3 aromatic heterocycles. The molecule has 0 amide bonds. The van der Waals surface area contributed by atoms with Crippen LogP contribution in [0.15, 0.2) is 173 Å². The van der Waals surface area contributed by atoms with Crippen LogP contribution in [0.2, 0.25) is 0 Å². The van der Waals surface area contributed by atoms with Crippen molar-refractivity contribution in [2.45, 2.75) is 6.42 Å². The molecule has 10 rings (SSSR count). The van der Waals surface area contributed by atoms with Crippen molar-refractivity contribution in [1.82, 2.24) is 15.0 Å². The molecule has 7 aromatic carbocycles. The molecule has 0 atom stereocenters. The Balaban J connectivity index is 1.10. The largest absolute Gasteiger partial charge is 0.456 e. The Kier molecular flexibility index (Phi) is 5.69. The van der Waals surface area contributed by atoms with Gasteiger partial charge in [-0.05, 0) is 52.6 Å². The van der Waals surface area contributed by atoms with E-state index in [0.717, 1.165) is 66.1 Å². The monoisotopic (exact) mass is 660 g/mol. The van der Waals surface area contributed by atoms with Crippen LogP contribution in [0.25, 0.3) is 88.9 Å². The molecule has 10 aromatic rings. The summed E-state index contributed by atoms with van der Waals surface area (Å²) in [7, 11) is 0. The first-order valence-electron chi connectivity index (χ1n) is 19.2. The summed E-state index contributed by atoms with van der Waals surface area (Å²) in [5, 5.41) is 4.07. The van der Waals surface area contributed by atoms with E-state index in [1.807, 2.05) is 72.8 Å². The quantitative estimate of drug-likeness (QED) is 0.178. The van der Waals surface area contributed by atoms with E-state index < -0.39 is 6.04 Å². The molecule has 0 aliphatic heterocycles. The van der Waals surface area contributed by atoms with Gasteiger partial charge in [0.1, 0.15) is 28.2 Å². The van der Waals surface area contributed by atoms with Crippen LogP contribution in [0.1, 0.15) is 18.2 Å². The molecule has 240 valence electrons. The van der Waals surface area contributed by atoms with Crippen LogP contribution in [0.4, 0.5) is 0 Å². The lowest BCUT2D eigenvalue weighted by Crippen LogP contribution is -2.04. The molecule has 5 nitrogen and oxygen atoms in total. The maximum Gasteiger partial charge on any atom is 0.163 e. The van der Waals surface area contributed by atoms with Crippen LogP contribution >= 0.6 is 0 Å². The van der Waals surface area contributed by atoms with Gasteiger partial charge in [-0.1, -0.05) is 133 Å². The second-order valence-electron chi connectivity index (χ2n) is 12.4. The number of nitrogens with zero attached hydrogens (tertiary/aromatic N) is 3. The highest BCUT2D eigenvalue weighted by molar-refractivity contribution is 6.12. The molecule has 0 N–H and O–H groups in total. The van der Waals surface area contributed by atoms with Gasteiger partial charge in [-0.3, -0.25) is 0 Å². The fraction of sp³-hybridized carbons (Fsp3) is 0.0217. The highest BCUT2D eigenvalue weighted by atomic mass is 16.3. The molecule has 3 heterocycles. The molecule has 0 fully saturated rings. The van der Waals surface area contributed by atoms with Gasteiger partial charge in [0, 0.05) is 44.7 Å². The number of hydrogen-bond acceptors (Lipinski definition) is 5. The molecule has 51 heavy (non-hydrogen) atoms. The fourth-order valence-corrected chi connectivity index (χ4v) is 6.91. The zero-order valence-corrected chi connectivity index (χ0v) is 27.1. The van der Waals surface area contributed by atoms with E-state index in [1.165, 1.54) is 0 Å². The number of furan rings is 2. The topological polar surface area (TPSA) is 65.0 Å². The average Bonchev–Trinajstić information content (AvgIpc) is 3.81. The summed E-state index contributed by atoms with van der Waals surface area (Å²) in [4.78, 5) is 14.8. The molecule has 0 aliphatic carbocycles. The Bertz CT molecular complexity index is 3160. The summed E-state index contributed by atoms with van der Waals surface area (Å²) < 4.78 is 54.4. The first-order chi connectivity index (χ1) is 27.3. The predicted octanol–water partition coefficient (Wildman–Crippen LogP) is 11.9. The number of aromatic nitrogens is 3. The lowest BCUT2D eigenvalue weighted by atomic mass is 9.98. The van der Waals surface area contributed by atoms with Gasteiger partial charge in [0.25, 0.3) is 0 Å². The van der Waals surface area contributed by atoms with Crippen LogP contribution in [0.3, 0.4) is 0 Å². The molecule has 0 radical (unpaired) electrons. The standard InChI is InChI=1S/C46H29N3O2/c1-3-12-29(13-4-1)31-16-9-18-34(26-31)46-48-42(47-45(49-46)30-14-5-2-6-15-30)28-33-17-10-23-41-43(33)38-27-32(24-25-40(38)50-41)35-20-11-21-37-36-19-7-8-22-39(36)51-44(35)37/h1-27H,28H2/i1D,3D,4D,12D,13D. The van der Waals surface area contributed by atoms with Crippen molar-refractivity contribution in [2.24, 2.45) is 0 Å². The van der Waals surface area contributed by atoms with Crippen LogP contribution < -0.4 is 0 Å². The SMILES string of the molecule is [2H]c1c([2H])c([2H])c(-c2cccc(-c3nc(Cc4cccc5oc6ccc(-c7cccc8c7oc7ccccc78)cc6c45)nc(-c4ccccc4)n3)c2)c([2H])c1[2H]. The van der Waals surface area contributed by atoms with Gasteiger partial charge in [-0.2, -0.15) is 0 Å². The molecule has 0 aliphatic rings. The van der Waals surface area contributed by atoms with Gasteiger partial charge in [0.05, 0.1) is 6.85 Å². The normalized spacial score (nSPS) is 13.0. The Morgan fingerprint density at radius 2 is 1.18 bits per heavy atom. The molecule has 0 saturated carbocycles. The highest BCUT2D eigenvalue weighted by Gasteiger charge is 2.18. The Morgan fingerprint density at radius 1 is 0.471 bits per heavy atom. The molecule has 0 spiro atoms.